The van der Waals surface area contributed by atoms with Gasteiger partial charge in [-0.2, -0.15) is 0 Å². The van der Waals surface area contributed by atoms with E-state index in [1.807, 2.05) is 24.3 Å². The number of hydrogen-bond donors (Lipinski definition) is 1. The highest BCUT2D eigenvalue weighted by molar-refractivity contribution is 5.90. The highest BCUT2D eigenvalue weighted by Gasteiger charge is 2.65. The quantitative estimate of drug-likeness (QED) is 0.367. The summed E-state index contributed by atoms with van der Waals surface area (Å²) in [5, 5.41) is 0. The number of benzene rings is 1. The molecule has 29 heavy (non-hydrogen) atoms. The number of carbonyl (C=O) groups is 1. The second-order valence-electron chi connectivity index (χ2n) is 8.04. The summed E-state index contributed by atoms with van der Waals surface area (Å²) in [7, 11) is 3.34. The first-order chi connectivity index (χ1) is 14.1. The Morgan fingerprint density at radius 1 is 1.21 bits per heavy atom. The van der Waals surface area contributed by atoms with Gasteiger partial charge in [0.25, 0.3) is 0 Å². The number of carbonyl (C=O) groups excluding carboxylic acids is 1. The third-order valence-electron chi connectivity index (χ3n) is 6.59. The molecule has 5 rings (SSSR count). The Morgan fingerprint density at radius 2 is 1.97 bits per heavy atom. The first-order valence-electron chi connectivity index (χ1n) is 9.93. The number of ether oxygens (including phenoxy) is 3. The molecule has 0 amide bonds. The van der Waals surface area contributed by atoms with Crippen molar-refractivity contribution in [1.82, 2.24) is 4.90 Å². The van der Waals surface area contributed by atoms with Crippen LogP contribution in [0.15, 0.2) is 47.6 Å². The van der Waals surface area contributed by atoms with Gasteiger partial charge in [0.2, 0.25) is 0 Å². The van der Waals surface area contributed by atoms with Crippen LogP contribution in [0.4, 0.5) is 5.69 Å². The van der Waals surface area contributed by atoms with Crippen LogP contribution in [0.3, 0.4) is 0 Å². The second kappa shape index (κ2) is 6.74. The van der Waals surface area contributed by atoms with Gasteiger partial charge in [-0.15, -0.1) is 0 Å². The highest BCUT2D eigenvalue weighted by atomic mass is 16.7. The van der Waals surface area contributed by atoms with Crippen molar-refractivity contribution in [1.29, 1.82) is 0 Å². The van der Waals surface area contributed by atoms with Crippen LogP contribution >= 0.6 is 0 Å². The fourth-order valence-electron chi connectivity index (χ4n) is 5.50. The molecule has 6 nitrogen and oxygen atoms in total. The topological polar surface area (TPSA) is 74.0 Å². The van der Waals surface area contributed by atoms with E-state index in [0.29, 0.717) is 5.69 Å². The van der Waals surface area contributed by atoms with Crippen LogP contribution in [0.2, 0.25) is 0 Å². The van der Waals surface area contributed by atoms with Gasteiger partial charge in [-0.3, -0.25) is 4.90 Å². The predicted octanol–water partition coefficient (Wildman–Crippen LogP) is 2.01. The standard InChI is InChI=1S/C23H24N2O4/c1-27-22(28-2)19-9-10-20-23-13-17(25(19)20)11-15(18(23)12-21(26)29-23)6-3-14-4-7-16(24)8-5-14/h4-5,7-8,11-12,17,19-20,22H,9-10,13,24H2,1-2H3/t17-,19?,20-,23+/m1/s1. The van der Waals surface area contributed by atoms with E-state index in [-0.39, 0.29) is 30.4 Å². The van der Waals surface area contributed by atoms with Gasteiger partial charge in [0.1, 0.15) is 0 Å². The number of nitrogens with zero attached hydrogens (tertiary/aromatic N) is 1. The van der Waals surface area contributed by atoms with Crippen LogP contribution in [-0.2, 0) is 19.0 Å². The van der Waals surface area contributed by atoms with Crippen molar-refractivity contribution in [3.05, 3.63) is 53.1 Å². The van der Waals surface area contributed by atoms with Gasteiger partial charge in [-0.05, 0) is 37.1 Å². The molecule has 150 valence electrons. The average Bonchev–Trinajstić information content (AvgIpc) is 3.36. The van der Waals surface area contributed by atoms with Crippen LogP contribution in [0.1, 0.15) is 24.8 Å². The van der Waals surface area contributed by atoms with Crippen molar-refractivity contribution >= 4 is 11.7 Å². The maximum atomic E-state index is 12.3. The number of rotatable bonds is 3. The van der Waals surface area contributed by atoms with E-state index in [2.05, 4.69) is 22.8 Å². The van der Waals surface area contributed by atoms with Gasteiger partial charge < -0.3 is 19.9 Å². The SMILES string of the molecule is COC(OC)C1CC[C@H]2N1[C@@H]1C=C(C#Cc3ccc(N)cc3)C3=CC(=O)O[C@@]32C1. The van der Waals surface area contributed by atoms with E-state index in [9.17, 15) is 4.79 Å². The smallest absolute Gasteiger partial charge is 0.332 e. The summed E-state index contributed by atoms with van der Waals surface area (Å²) in [6.07, 6.45) is 6.14. The van der Waals surface area contributed by atoms with E-state index in [1.165, 1.54) is 0 Å². The minimum absolute atomic E-state index is 0.120. The summed E-state index contributed by atoms with van der Waals surface area (Å²) in [5.74, 6) is 6.22. The van der Waals surface area contributed by atoms with Crippen molar-refractivity contribution < 1.29 is 19.0 Å². The largest absolute Gasteiger partial charge is 0.449 e. The van der Waals surface area contributed by atoms with Crippen LogP contribution < -0.4 is 5.73 Å². The van der Waals surface area contributed by atoms with Gasteiger partial charge >= 0.3 is 5.97 Å². The number of fused-ring (bicyclic) bond motifs is 3. The number of anilines is 1. The highest BCUT2D eigenvalue weighted by Crippen LogP contribution is 2.56. The molecule has 0 radical (unpaired) electrons. The van der Waals surface area contributed by atoms with E-state index in [4.69, 9.17) is 19.9 Å². The molecule has 1 aromatic rings. The zero-order valence-electron chi connectivity index (χ0n) is 16.6. The lowest BCUT2D eigenvalue weighted by Crippen LogP contribution is -2.48. The maximum absolute atomic E-state index is 12.3. The van der Waals surface area contributed by atoms with Crippen LogP contribution in [0.5, 0.6) is 0 Å². The lowest BCUT2D eigenvalue weighted by molar-refractivity contribution is -0.151. The molecule has 2 saturated heterocycles. The Morgan fingerprint density at radius 3 is 2.69 bits per heavy atom. The zero-order valence-corrected chi connectivity index (χ0v) is 16.6. The van der Waals surface area contributed by atoms with E-state index >= 15 is 0 Å². The van der Waals surface area contributed by atoms with Gasteiger partial charge in [-0.25, -0.2) is 4.79 Å². The number of esters is 1. The monoisotopic (exact) mass is 392 g/mol. The third-order valence-corrected chi connectivity index (χ3v) is 6.59. The normalized spacial score (nSPS) is 32.2. The van der Waals surface area contributed by atoms with Gasteiger partial charge in [0, 0.05) is 55.2 Å². The molecule has 6 heteroatoms. The number of hydrogen-bond acceptors (Lipinski definition) is 6. The van der Waals surface area contributed by atoms with Crippen molar-refractivity contribution in [2.24, 2.45) is 0 Å². The molecule has 3 aliphatic heterocycles. The second-order valence-corrected chi connectivity index (χ2v) is 8.04. The molecule has 2 bridgehead atoms. The van der Waals surface area contributed by atoms with Gasteiger partial charge in [-0.1, -0.05) is 17.9 Å². The van der Waals surface area contributed by atoms with Crippen molar-refractivity contribution in [3.8, 4) is 11.8 Å². The maximum Gasteiger partial charge on any atom is 0.332 e. The molecular weight excluding hydrogens is 368 g/mol. The van der Waals surface area contributed by atoms with Crippen LogP contribution in [0.25, 0.3) is 0 Å². The summed E-state index contributed by atoms with van der Waals surface area (Å²) in [6, 6.07) is 7.85. The predicted molar refractivity (Wildman–Crippen MR) is 108 cm³/mol. The fraction of sp³-hybridized carbons (Fsp3) is 0.435. The summed E-state index contributed by atoms with van der Waals surface area (Å²) in [6.45, 7) is 0. The van der Waals surface area contributed by atoms with E-state index in [0.717, 1.165) is 36.0 Å². The molecule has 3 heterocycles. The zero-order chi connectivity index (χ0) is 20.2. The molecule has 2 N–H and O–H groups in total. The first-order valence-corrected chi connectivity index (χ1v) is 9.93. The van der Waals surface area contributed by atoms with E-state index in [1.54, 1.807) is 20.3 Å². The van der Waals surface area contributed by atoms with Gasteiger partial charge in [0.05, 0.1) is 12.1 Å². The van der Waals surface area contributed by atoms with Crippen molar-refractivity contribution in [2.75, 3.05) is 20.0 Å². The molecule has 4 aliphatic rings. The Bertz CT molecular complexity index is 967. The van der Waals surface area contributed by atoms with Gasteiger partial charge in [0.15, 0.2) is 11.9 Å². The summed E-state index contributed by atoms with van der Waals surface area (Å²) >= 11 is 0. The van der Waals surface area contributed by atoms with Crippen molar-refractivity contribution in [3.63, 3.8) is 0 Å². The molecule has 1 spiro atoms. The number of nitrogen functional groups attached to an aromatic ring is 1. The molecule has 0 aromatic heterocycles. The van der Waals surface area contributed by atoms with Crippen LogP contribution in [0, 0.1) is 11.8 Å². The Balaban J connectivity index is 1.54. The Labute approximate surface area is 170 Å². The molecule has 1 aromatic carbocycles. The summed E-state index contributed by atoms with van der Waals surface area (Å²) in [5.41, 5.74) is 8.54. The lowest BCUT2D eigenvalue weighted by Gasteiger charge is -2.33. The lowest BCUT2D eigenvalue weighted by atomic mass is 9.77. The fourth-order valence-corrected chi connectivity index (χ4v) is 5.50. The Hall–Kier alpha value is -2.59. The molecular formula is C23H24N2O4. The van der Waals surface area contributed by atoms with Crippen LogP contribution in [-0.4, -0.2) is 55.1 Å². The minimum atomic E-state index is -0.609. The average molecular weight is 392 g/mol. The minimum Gasteiger partial charge on any atom is -0.449 e. The molecule has 2 fully saturated rings. The van der Waals surface area contributed by atoms with Crippen molar-refractivity contribution in [2.45, 2.75) is 49.3 Å². The first kappa shape index (κ1) is 18.4. The molecule has 0 saturated carbocycles. The summed E-state index contributed by atoms with van der Waals surface area (Å²) in [4.78, 5) is 14.7. The molecule has 1 unspecified atom stereocenters. The number of nitrogens with two attached hydrogens (primary N) is 1. The molecule has 4 atom stereocenters. The molecule has 1 aliphatic carbocycles. The Kier molecular flexibility index (Phi) is 4.28. The summed E-state index contributed by atoms with van der Waals surface area (Å²) < 4.78 is 17.1. The number of methoxy groups -OCH3 is 2. The van der Waals surface area contributed by atoms with E-state index < -0.39 is 5.60 Å². The third kappa shape index (κ3) is 2.73.